The molecule has 0 aromatic heterocycles. The molecule has 1 aromatic carbocycles. The highest BCUT2D eigenvalue weighted by Gasteiger charge is 2.13. The molecule has 108 valence electrons. The topological polar surface area (TPSA) is 55.4 Å². The van der Waals surface area contributed by atoms with Gasteiger partial charge in [-0.25, -0.2) is 4.79 Å². The van der Waals surface area contributed by atoms with Crippen molar-refractivity contribution < 1.29 is 14.3 Å². The summed E-state index contributed by atoms with van der Waals surface area (Å²) in [6, 6.07) is 7.35. The average Bonchev–Trinajstić information content (AvgIpc) is 2.44. The Bertz CT molecular complexity index is 489. The fourth-order valence-corrected chi connectivity index (χ4v) is 1.66. The first-order valence-corrected chi connectivity index (χ1v) is 6.60. The molecule has 0 heterocycles. The van der Waals surface area contributed by atoms with E-state index in [2.05, 4.69) is 23.9 Å². The van der Waals surface area contributed by atoms with Crippen LogP contribution in [0.3, 0.4) is 0 Å². The van der Waals surface area contributed by atoms with Crippen LogP contribution in [0.15, 0.2) is 30.3 Å². The van der Waals surface area contributed by atoms with Gasteiger partial charge in [0.25, 0.3) is 0 Å². The number of carbonyl (C=O) groups excluding carboxylic acids is 2. The molecule has 1 atom stereocenters. The Balaban J connectivity index is 2.59. The van der Waals surface area contributed by atoms with Crippen molar-refractivity contribution in [1.29, 1.82) is 0 Å². The molecule has 1 amide bonds. The third-order valence-corrected chi connectivity index (χ3v) is 2.94. The van der Waals surface area contributed by atoms with Crippen LogP contribution in [0.25, 0.3) is 6.08 Å². The van der Waals surface area contributed by atoms with Crippen LogP contribution in [0.4, 0.5) is 0 Å². The monoisotopic (exact) mass is 275 g/mol. The van der Waals surface area contributed by atoms with E-state index in [0.29, 0.717) is 5.92 Å². The van der Waals surface area contributed by atoms with Gasteiger partial charge in [0.05, 0.1) is 7.11 Å². The number of hydrogen-bond donors (Lipinski definition) is 1. The van der Waals surface area contributed by atoms with Crippen molar-refractivity contribution in [3.8, 4) is 0 Å². The lowest BCUT2D eigenvalue weighted by molar-refractivity contribution is -0.144. The Hall–Kier alpha value is -2.10. The van der Waals surface area contributed by atoms with Gasteiger partial charge in [-0.15, -0.1) is 0 Å². The summed E-state index contributed by atoms with van der Waals surface area (Å²) in [5.41, 5.74) is 2.20. The molecular weight excluding hydrogens is 254 g/mol. The van der Waals surface area contributed by atoms with Crippen LogP contribution in [-0.2, 0) is 14.3 Å². The van der Waals surface area contributed by atoms with Crippen LogP contribution in [0.2, 0.25) is 0 Å². The third kappa shape index (κ3) is 4.88. The lowest BCUT2D eigenvalue weighted by Gasteiger charge is -2.09. The minimum atomic E-state index is -0.652. The Morgan fingerprint density at radius 1 is 1.15 bits per heavy atom. The number of benzene rings is 1. The smallest absolute Gasteiger partial charge is 0.328 e. The second kappa shape index (κ2) is 7.48. The van der Waals surface area contributed by atoms with E-state index in [1.165, 1.54) is 18.7 Å². The number of amides is 1. The Morgan fingerprint density at radius 2 is 1.75 bits per heavy atom. The van der Waals surface area contributed by atoms with Gasteiger partial charge in [-0.3, -0.25) is 4.79 Å². The van der Waals surface area contributed by atoms with Gasteiger partial charge >= 0.3 is 5.97 Å². The highest BCUT2D eigenvalue weighted by atomic mass is 16.5. The number of carbonyl (C=O) groups is 2. The average molecular weight is 275 g/mol. The molecular formula is C16H21NO3. The zero-order valence-corrected chi connectivity index (χ0v) is 12.3. The fourth-order valence-electron chi connectivity index (χ4n) is 1.66. The SMILES string of the molecule is COC(=O)[C@@H](C)NC(=O)/C=C/c1ccc(C(C)C)cc1. The van der Waals surface area contributed by atoms with E-state index >= 15 is 0 Å². The molecule has 1 rings (SSSR count). The van der Waals surface area contributed by atoms with Gasteiger partial charge in [0, 0.05) is 6.08 Å². The molecule has 1 aromatic rings. The highest BCUT2D eigenvalue weighted by Crippen LogP contribution is 2.15. The Morgan fingerprint density at radius 3 is 2.25 bits per heavy atom. The Kier molecular flexibility index (Phi) is 5.97. The first-order chi connectivity index (χ1) is 9.43. The molecule has 0 bridgehead atoms. The minimum absolute atomic E-state index is 0.323. The van der Waals surface area contributed by atoms with E-state index in [1.54, 1.807) is 13.0 Å². The summed E-state index contributed by atoms with van der Waals surface area (Å²) in [4.78, 5) is 22.8. The molecule has 20 heavy (non-hydrogen) atoms. The molecule has 0 unspecified atom stereocenters. The minimum Gasteiger partial charge on any atom is -0.467 e. The van der Waals surface area contributed by atoms with Gasteiger partial charge < -0.3 is 10.1 Å². The fraction of sp³-hybridized carbons (Fsp3) is 0.375. The molecule has 0 aliphatic heterocycles. The number of ether oxygens (including phenoxy) is 1. The predicted molar refractivity (Wildman–Crippen MR) is 79.2 cm³/mol. The summed E-state index contributed by atoms with van der Waals surface area (Å²) in [5, 5.41) is 2.53. The summed E-state index contributed by atoms with van der Waals surface area (Å²) in [6.07, 6.45) is 3.12. The molecule has 0 radical (unpaired) electrons. The van der Waals surface area contributed by atoms with E-state index in [-0.39, 0.29) is 5.91 Å². The number of nitrogens with one attached hydrogen (secondary N) is 1. The standard InChI is InChI=1S/C16H21NO3/c1-11(2)14-8-5-13(6-9-14)7-10-15(18)17-12(3)16(19)20-4/h5-12H,1-4H3,(H,17,18)/b10-7+/t12-/m1/s1. The second-order valence-corrected chi connectivity index (χ2v) is 4.91. The van der Waals surface area contributed by atoms with Crippen LogP contribution < -0.4 is 5.32 Å². The molecule has 0 aliphatic carbocycles. The van der Waals surface area contributed by atoms with Crippen LogP contribution in [0.5, 0.6) is 0 Å². The number of hydrogen-bond acceptors (Lipinski definition) is 3. The third-order valence-electron chi connectivity index (χ3n) is 2.94. The summed E-state index contributed by atoms with van der Waals surface area (Å²) < 4.78 is 4.53. The maximum absolute atomic E-state index is 11.6. The number of rotatable bonds is 5. The van der Waals surface area contributed by atoms with Crippen molar-refractivity contribution in [3.63, 3.8) is 0 Å². The lowest BCUT2D eigenvalue weighted by Crippen LogP contribution is -2.38. The highest BCUT2D eigenvalue weighted by molar-refractivity contribution is 5.94. The zero-order chi connectivity index (χ0) is 15.1. The molecule has 0 spiro atoms. The molecule has 1 N–H and O–H groups in total. The lowest BCUT2D eigenvalue weighted by atomic mass is 10.0. The van der Waals surface area contributed by atoms with Crippen LogP contribution >= 0.6 is 0 Å². The van der Waals surface area contributed by atoms with Crippen molar-refractivity contribution in [2.24, 2.45) is 0 Å². The van der Waals surface area contributed by atoms with Gasteiger partial charge in [0.1, 0.15) is 6.04 Å². The normalized spacial score (nSPS) is 12.4. The van der Waals surface area contributed by atoms with E-state index in [9.17, 15) is 9.59 Å². The van der Waals surface area contributed by atoms with Crippen LogP contribution in [0, 0.1) is 0 Å². The van der Waals surface area contributed by atoms with Crippen LogP contribution in [0.1, 0.15) is 37.8 Å². The maximum Gasteiger partial charge on any atom is 0.328 e. The number of methoxy groups -OCH3 is 1. The maximum atomic E-state index is 11.6. The van der Waals surface area contributed by atoms with E-state index in [4.69, 9.17) is 0 Å². The summed E-state index contributed by atoms with van der Waals surface area (Å²) in [5.74, 6) is -0.305. The van der Waals surface area contributed by atoms with Gasteiger partial charge in [0.2, 0.25) is 5.91 Å². The molecule has 0 aliphatic rings. The first-order valence-electron chi connectivity index (χ1n) is 6.60. The van der Waals surface area contributed by atoms with Gasteiger partial charge in [0.15, 0.2) is 0 Å². The summed E-state index contributed by atoms with van der Waals surface area (Å²) in [6.45, 7) is 5.84. The first kappa shape index (κ1) is 16.0. The van der Waals surface area contributed by atoms with Crippen molar-refractivity contribution >= 4 is 18.0 Å². The van der Waals surface area contributed by atoms with Gasteiger partial charge in [-0.1, -0.05) is 38.1 Å². The Labute approximate surface area is 119 Å². The van der Waals surface area contributed by atoms with Gasteiger partial charge in [-0.05, 0) is 30.0 Å². The van der Waals surface area contributed by atoms with Crippen molar-refractivity contribution in [1.82, 2.24) is 5.32 Å². The molecule has 0 fully saturated rings. The molecule has 0 saturated heterocycles. The van der Waals surface area contributed by atoms with E-state index in [1.807, 2.05) is 24.3 Å². The zero-order valence-electron chi connectivity index (χ0n) is 12.3. The molecule has 4 heteroatoms. The quantitative estimate of drug-likeness (QED) is 0.663. The van der Waals surface area contributed by atoms with Crippen molar-refractivity contribution in [3.05, 3.63) is 41.5 Å². The van der Waals surface area contributed by atoms with Crippen LogP contribution in [-0.4, -0.2) is 25.0 Å². The molecule has 4 nitrogen and oxygen atoms in total. The summed E-state index contributed by atoms with van der Waals surface area (Å²) in [7, 11) is 1.29. The largest absolute Gasteiger partial charge is 0.467 e. The van der Waals surface area contributed by atoms with Crippen molar-refractivity contribution in [2.75, 3.05) is 7.11 Å². The van der Waals surface area contributed by atoms with Crippen molar-refractivity contribution in [2.45, 2.75) is 32.7 Å². The summed E-state index contributed by atoms with van der Waals surface area (Å²) >= 11 is 0. The number of esters is 1. The van der Waals surface area contributed by atoms with E-state index in [0.717, 1.165) is 5.56 Å². The van der Waals surface area contributed by atoms with E-state index < -0.39 is 12.0 Å². The second-order valence-electron chi connectivity index (χ2n) is 4.91. The molecule has 0 saturated carbocycles. The predicted octanol–water partition coefficient (Wildman–Crippen LogP) is 2.50. The van der Waals surface area contributed by atoms with Gasteiger partial charge in [-0.2, -0.15) is 0 Å².